The van der Waals surface area contributed by atoms with Crippen LogP contribution in [0.2, 0.25) is 0 Å². The second kappa shape index (κ2) is 5.25. The van der Waals surface area contributed by atoms with E-state index in [2.05, 4.69) is 9.97 Å². The van der Waals surface area contributed by atoms with Gasteiger partial charge in [-0.3, -0.25) is 4.90 Å². The molecule has 2 heterocycles. The number of amides is 1. The molecule has 1 aliphatic rings. The number of sulfone groups is 1. The van der Waals surface area contributed by atoms with Crippen molar-refractivity contribution >= 4 is 21.6 Å². The number of anilines is 1. The number of fused-ring (bicyclic) bond motifs is 1. The summed E-state index contributed by atoms with van der Waals surface area (Å²) in [6.07, 6.45) is 3.27. The predicted octanol–water partition coefficient (Wildman–Crippen LogP) is 1.57. The van der Waals surface area contributed by atoms with E-state index in [-0.39, 0.29) is 5.16 Å². The van der Waals surface area contributed by atoms with Gasteiger partial charge in [-0.2, -0.15) is 0 Å². The second-order valence-electron chi connectivity index (χ2n) is 5.99. The Morgan fingerprint density at radius 2 is 2.05 bits per heavy atom. The Morgan fingerprint density at radius 1 is 1.38 bits per heavy atom. The number of aryl methyl sites for hydroxylation is 1. The number of aromatic nitrogens is 2. The first-order valence-electron chi connectivity index (χ1n) is 6.64. The molecule has 0 radical (unpaired) electrons. The minimum absolute atomic E-state index is 0.215. The third kappa shape index (κ3) is 3.69. The molecule has 0 fully saturated rings. The molecule has 0 atom stereocenters. The van der Waals surface area contributed by atoms with Gasteiger partial charge in [0.15, 0.2) is 0 Å². The van der Waals surface area contributed by atoms with Crippen molar-refractivity contribution in [1.29, 1.82) is 0 Å². The zero-order valence-electron chi connectivity index (χ0n) is 12.6. The Hall–Kier alpha value is -1.70. The topological polar surface area (TPSA) is 89.5 Å². The van der Waals surface area contributed by atoms with Gasteiger partial charge in [-0.25, -0.2) is 23.2 Å². The summed E-state index contributed by atoms with van der Waals surface area (Å²) in [6, 6.07) is 0. The van der Waals surface area contributed by atoms with Crippen LogP contribution in [-0.4, -0.2) is 42.9 Å². The minimum Gasteiger partial charge on any atom is -0.443 e. The van der Waals surface area contributed by atoms with Gasteiger partial charge in [0.2, 0.25) is 15.0 Å². The Kier molecular flexibility index (Phi) is 3.92. The van der Waals surface area contributed by atoms with Crippen LogP contribution in [0.1, 0.15) is 32.9 Å². The number of carbonyl (C=O) groups is 1. The third-order valence-electron chi connectivity index (χ3n) is 2.86. The van der Waals surface area contributed by atoms with E-state index in [4.69, 9.17) is 4.74 Å². The molecule has 8 heteroatoms. The number of hydrogen-bond donors (Lipinski definition) is 0. The average Bonchev–Trinajstić information content (AvgIpc) is 2.34. The Balaban J connectivity index is 2.34. The predicted molar refractivity (Wildman–Crippen MR) is 77.0 cm³/mol. The van der Waals surface area contributed by atoms with E-state index in [1.54, 1.807) is 20.8 Å². The molecule has 7 nitrogen and oxygen atoms in total. The normalized spacial score (nSPS) is 15.5. The van der Waals surface area contributed by atoms with Crippen LogP contribution >= 0.6 is 0 Å². The van der Waals surface area contributed by atoms with Crippen LogP contribution in [0.25, 0.3) is 0 Å². The molecule has 0 aliphatic carbocycles. The molecule has 1 amide bonds. The van der Waals surface area contributed by atoms with Crippen molar-refractivity contribution in [1.82, 2.24) is 9.97 Å². The molecule has 0 saturated heterocycles. The fourth-order valence-corrected chi connectivity index (χ4v) is 2.53. The maximum Gasteiger partial charge on any atom is 0.414 e. The lowest BCUT2D eigenvalue weighted by Crippen LogP contribution is -2.40. The number of hydrogen-bond acceptors (Lipinski definition) is 6. The van der Waals surface area contributed by atoms with Crippen molar-refractivity contribution in [2.24, 2.45) is 0 Å². The Morgan fingerprint density at radius 3 is 2.62 bits per heavy atom. The lowest BCUT2D eigenvalue weighted by Gasteiger charge is -2.30. The number of carbonyl (C=O) groups excluding carboxylic acids is 1. The summed E-state index contributed by atoms with van der Waals surface area (Å²) in [5.74, 6) is 0. The summed E-state index contributed by atoms with van der Waals surface area (Å²) >= 11 is 0. The summed E-state index contributed by atoms with van der Waals surface area (Å²) in [5, 5.41) is -0.215. The molecule has 0 bridgehead atoms. The number of nitrogens with zero attached hydrogens (tertiary/aromatic N) is 3. The molecular formula is C13H19N3O4S. The highest BCUT2D eigenvalue weighted by atomic mass is 32.2. The van der Waals surface area contributed by atoms with E-state index >= 15 is 0 Å². The standard InChI is InChI=1S/C13H19N3O4S/c1-13(2,3)20-12(17)16-7-5-6-9-10(16)8-14-11(15-9)21(4,18)19/h8H,5-7H2,1-4H3. The maximum absolute atomic E-state index is 12.2. The van der Waals surface area contributed by atoms with Crippen molar-refractivity contribution in [3.8, 4) is 0 Å². The lowest BCUT2D eigenvalue weighted by molar-refractivity contribution is 0.0577. The molecule has 1 aromatic rings. The highest BCUT2D eigenvalue weighted by Gasteiger charge is 2.29. The first kappa shape index (κ1) is 15.7. The smallest absolute Gasteiger partial charge is 0.414 e. The van der Waals surface area contributed by atoms with Gasteiger partial charge < -0.3 is 4.74 Å². The van der Waals surface area contributed by atoms with Crippen LogP contribution in [0, 0.1) is 0 Å². The zero-order valence-corrected chi connectivity index (χ0v) is 13.4. The second-order valence-corrected chi connectivity index (χ2v) is 7.90. The van der Waals surface area contributed by atoms with E-state index in [1.165, 1.54) is 11.1 Å². The molecule has 2 rings (SSSR count). The largest absolute Gasteiger partial charge is 0.443 e. The molecule has 116 valence electrons. The quantitative estimate of drug-likeness (QED) is 0.731. The molecule has 1 aromatic heterocycles. The monoisotopic (exact) mass is 313 g/mol. The van der Waals surface area contributed by atoms with Crippen molar-refractivity contribution in [3.63, 3.8) is 0 Å². The summed E-state index contributed by atoms with van der Waals surface area (Å²) < 4.78 is 28.3. The van der Waals surface area contributed by atoms with Crippen molar-refractivity contribution in [2.45, 2.75) is 44.4 Å². The Labute approximate surface area is 124 Å². The highest BCUT2D eigenvalue weighted by Crippen LogP contribution is 2.27. The average molecular weight is 313 g/mol. The fraction of sp³-hybridized carbons (Fsp3) is 0.615. The SMILES string of the molecule is CC(C)(C)OC(=O)N1CCCc2nc(S(C)(=O)=O)ncc21. The maximum atomic E-state index is 12.2. The molecule has 0 aromatic carbocycles. The number of rotatable bonds is 1. The van der Waals surface area contributed by atoms with Gasteiger partial charge in [0.25, 0.3) is 0 Å². The summed E-state index contributed by atoms with van der Waals surface area (Å²) in [7, 11) is -3.46. The fourth-order valence-electron chi connectivity index (χ4n) is 2.01. The molecule has 0 saturated carbocycles. The zero-order chi connectivity index (χ0) is 15.8. The molecule has 21 heavy (non-hydrogen) atoms. The van der Waals surface area contributed by atoms with E-state index in [1.807, 2.05) is 0 Å². The van der Waals surface area contributed by atoms with Crippen LogP contribution in [0.3, 0.4) is 0 Å². The van der Waals surface area contributed by atoms with Crippen molar-refractivity contribution in [2.75, 3.05) is 17.7 Å². The summed E-state index contributed by atoms with van der Waals surface area (Å²) in [4.78, 5) is 21.6. The van der Waals surface area contributed by atoms with Gasteiger partial charge in [-0.1, -0.05) is 0 Å². The van der Waals surface area contributed by atoms with Crippen LogP contribution in [-0.2, 0) is 21.0 Å². The van der Waals surface area contributed by atoms with Crippen molar-refractivity contribution in [3.05, 3.63) is 11.9 Å². The van der Waals surface area contributed by atoms with Gasteiger partial charge in [0, 0.05) is 12.8 Å². The van der Waals surface area contributed by atoms with E-state index in [0.29, 0.717) is 30.8 Å². The third-order valence-corrected chi connectivity index (χ3v) is 3.72. The van der Waals surface area contributed by atoms with E-state index < -0.39 is 21.5 Å². The first-order valence-corrected chi connectivity index (χ1v) is 8.53. The van der Waals surface area contributed by atoms with E-state index in [9.17, 15) is 13.2 Å². The molecule has 1 aliphatic heterocycles. The minimum atomic E-state index is -3.46. The molecular weight excluding hydrogens is 294 g/mol. The first-order chi connectivity index (χ1) is 9.58. The molecule has 0 N–H and O–H groups in total. The van der Waals surface area contributed by atoms with Gasteiger partial charge >= 0.3 is 6.09 Å². The van der Waals surface area contributed by atoms with Crippen LogP contribution in [0.15, 0.2) is 11.4 Å². The van der Waals surface area contributed by atoms with Crippen LogP contribution in [0.5, 0.6) is 0 Å². The van der Waals surface area contributed by atoms with Gasteiger partial charge in [-0.05, 0) is 33.6 Å². The van der Waals surface area contributed by atoms with Crippen LogP contribution in [0.4, 0.5) is 10.5 Å². The lowest BCUT2D eigenvalue weighted by atomic mass is 10.1. The Bertz CT molecular complexity index is 664. The number of ether oxygens (including phenoxy) is 1. The highest BCUT2D eigenvalue weighted by molar-refractivity contribution is 7.90. The van der Waals surface area contributed by atoms with Gasteiger partial charge in [0.1, 0.15) is 5.60 Å². The summed E-state index contributed by atoms with van der Waals surface area (Å²) in [5.41, 5.74) is 0.479. The molecule has 0 unspecified atom stereocenters. The molecule has 0 spiro atoms. The summed E-state index contributed by atoms with van der Waals surface area (Å²) in [6.45, 7) is 5.88. The van der Waals surface area contributed by atoms with Crippen molar-refractivity contribution < 1.29 is 17.9 Å². The van der Waals surface area contributed by atoms with Crippen LogP contribution < -0.4 is 4.90 Å². The van der Waals surface area contributed by atoms with Gasteiger partial charge in [-0.15, -0.1) is 0 Å². The van der Waals surface area contributed by atoms with E-state index in [0.717, 1.165) is 6.26 Å². The van der Waals surface area contributed by atoms with Gasteiger partial charge in [0.05, 0.1) is 17.6 Å².